The van der Waals surface area contributed by atoms with Crippen molar-refractivity contribution in [2.75, 3.05) is 19.0 Å². The van der Waals surface area contributed by atoms with Crippen LogP contribution in [0.5, 0.6) is 0 Å². The molecule has 0 aromatic heterocycles. The first-order valence-electron chi connectivity index (χ1n) is 4.74. The molecule has 1 N–H and O–H groups in total. The highest BCUT2D eigenvalue weighted by atomic mass is 127. The van der Waals surface area contributed by atoms with Crippen molar-refractivity contribution in [2.24, 2.45) is 0 Å². The first-order valence-corrected chi connectivity index (χ1v) is 5.82. The summed E-state index contributed by atoms with van der Waals surface area (Å²) >= 11 is 2.07. The van der Waals surface area contributed by atoms with E-state index in [1.165, 1.54) is 6.07 Å². The summed E-state index contributed by atoms with van der Waals surface area (Å²) in [7, 11) is 1.64. The maximum absolute atomic E-state index is 10.6. The van der Waals surface area contributed by atoms with E-state index < -0.39 is 4.92 Å². The summed E-state index contributed by atoms with van der Waals surface area (Å²) in [5.41, 5.74) is 0.991. The topological polar surface area (TPSA) is 64.4 Å². The Morgan fingerprint density at radius 3 is 2.81 bits per heavy atom. The molecule has 1 atom stereocenters. The third-order valence-electron chi connectivity index (χ3n) is 1.98. The number of ether oxygens (including phenoxy) is 1. The molecule has 0 bridgehead atoms. The highest BCUT2D eigenvalue weighted by molar-refractivity contribution is 14.1. The Hall–Kier alpha value is -0.890. The molecule has 1 unspecified atom stereocenters. The maximum Gasteiger partial charge on any atom is 0.270 e. The Bertz CT molecular complexity index is 384. The van der Waals surface area contributed by atoms with Crippen molar-refractivity contribution in [1.29, 1.82) is 0 Å². The summed E-state index contributed by atoms with van der Waals surface area (Å²) < 4.78 is 5.83. The van der Waals surface area contributed by atoms with E-state index in [9.17, 15) is 10.1 Å². The van der Waals surface area contributed by atoms with Crippen LogP contribution < -0.4 is 5.32 Å². The van der Waals surface area contributed by atoms with Gasteiger partial charge in [0, 0.05) is 34.5 Å². The van der Waals surface area contributed by atoms with Crippen molar-refractivity contribution in [3.63, 3.8) is 0 Å². The van der Waals surface area contributed by atoms with Crippen LogP contribution in [0.4, 0.5) is 11.4 Å². The number of rotatable bonds is 5. The lowest BCUT2D eigenvalue weighted by Gasteiger charge is -2.15. The van der Waals surface area contributed by atoms with Crippen LogP contribution in [0.2, 0.25) is 0 Å². The van der Waals surface area contributed by atoms with E-state index in [1.54, 1.807) is 19.2 Å². The van der Waals surface area contributed by atoms with E-state index in [1.807, 2.05) is 6.92 Å². The molecule has 88 valence electrons. The largest absolute Gasteiger partial charge is 0.383 e. The standard InChI is InChI=1S/C10H13IN2O3/c1-7(6-16-2)12-10-4-3-8(13(14)15)5-9(10)11/h3-5,7,12H,6H2,1-2H3. The van der Waals surface area contributed by atoms with Crippen LogP contribution in [0.25, 0.3) is 0 Å². The predicted molar refractivity (Wildman–Crippen MR) is 70.8 cm³/mol. The predicted octanol–water partition coefficient (Wildman–Crippen LogP) is 2.65. The lowest BCUT2D eigenvalue weighted by molar-refractivity contribution is -0.384. The Kier molecular flexibility index (Phi) is 4.94. The van der Waals surface area contributed by atoms with Crippen LogP contribution in [0.3, 0.4) is 0 Å². The van der Waals surface area contributed by atoms with E-state index in [2.05, 4.69) is 27.9 Å². The highest BCUT2D eigenvalue weighted by Gasteiger charge is 2.10. The number of hydrogen-bond acceptors (Lipinski definition) is 4. The molecule has 0 aliphatic rings. The number of methoxy groups -OCH3 is 1. The van der Waals surface area contributed by atoms with Gasteiger partial charge in [0.05, 0.1) is 11.5 Å². The van der Waals surface area contributed by atoms with E-state index in [0.29, 0.717) is 6.61 Å². The fourth-order valence-corrected chi connectivity index (χ4v) is 1.95. The van der Waals surface area contributed by atoms with Gasteiger partial charge >= 0.3 is 0 Å². The van der Waals surface area contributed by atoms with Crippen molar-refractivity contribution in [3.8, 4) is 0 Å². The number of anilines is 1. The lowest BCUT2D eigenvalue weighted by atomic mass is 10.2. The van der Waals surface area contributed by atoms with Gasteiger partial charge in [0.2, 0.25) is 0 Å². The number of nitrogens with one attached hydrogen (secondary N) is 1. The van der Waals surface area contributed by atoms with Crippen molar-refractivity contribution in [3.05, 3.63) is 31.9 Å². The molecule has 5 nitrogen and oxygen atoms in total. The molecule has 1 aromatic rings. The summed E-state index contributed by atoms with van der Waals surface area (Å²) in [4.78, 5) is 10.2. The van der Waals surface area contributed by atoms with E-state index in [4.69, 9.17) is 4.74 Å². The molecule has 6 heteroatoms. The van der Waals surface area contributed by atoms with Crippen molar-refractivity contribution >= 4 is 34.0 Å². The van der Waals surface area contributed by atoms with Gasteiger partial charge < -0.3 is 10.1 Å². The lowest BCUT2D eigenvalue weighted by Crippen LogP contribution is -2.21. The summed E-state index contributed by atoms with van der Waals surface area (Å²) in [6.45, 7) is 2.58. The van der Waals surface area contributed by atoms with Crippen LogP contribution in [-0.2, 0) is 4.74 Å². The Morgan fingerprint density at radius 1 is 1.62 bits per heavy atom. The molecule has 0 fully saturated rings. The van der Waals surface area contributed by atoms with Gasteiger partial charge in [-0.05, 0) is 35.6 Å². The number of nitro benzene ring substituents is 1. The summed E-state index contributed by atoms with van der Waals surface area (Å²) in [5.74, 6) is 0. The normalized spacial score (nSPS) is 12.2. The molecule has 0 amide bonds. The summed E-state index contributed by atoms with van der Waals surface area (Å²) in [6, 6.07) is 4.92. The fourth-order valence-electron chi connectivity index (χ4n) is 1.29. The van der Waals surface area contributed by atoms with E-state index in [0.717, 1.165) is 9.26 Å². The molecule has 1 rings (SSSR count). The van der Waals surface area contributed by atoms with Crippen LogP contribution in [-0.4, -0.2) is 24.7 Å². The molecular formula is C10H13IN2O3. The molecule has 0 saturated carbocycles. The molecule has 16 heavy (non-hydrogen) atoms. The van der Waals surface area contributed by atoms with Crippen LogP contribution in [0, 0.1) is 13.7 Å². The van der Waals surface area contributed by atoms with Gasteiger partial charge in [0.15, 0.2) is 0 Å². The first-order chi connectivity index (χ1) is 7.54. The average molecular weight is 336 g/mol. The number of nitrogens with zero attached hydrogens (tertiary/aromatic N) is 1. The fraction of sp³-hybridized carbons (Fsp3) is 0.400. The maximum atomic E-state index is 10.6. The van der Waals surface area contributed by atoms with Gasteiger partial charge in [0.1, 0.15) is 0 Å². The van der Waals surface area contributed by atoms with Gasteiger partial charge in [-0.25, -0.2) is 0 Å². The smallest absolute Gasteiger partial charge is 0.270 e. The second-order valence-corrected chi connectivity index (χ2v) is 4.58. The minimum Gasteiger partial charge on any atom is -0.383 e. The number of non-ortho nitro benzene ring substituents is 1. The van der Waals surface area contributed by atoms with Crippen LogP contribution in [0.1, 0.15) is 6.92 Å². The monoisotopic (exact) mass is 336 g/mol. The zero-order chi connectivity index (χ0) is 12.1. The van der Waals surface area contributed by atoms with E-state index >= 15 is 0 Å². The Labute approximate surface area is 107 Å². The Morgan fingerprint density at radius 2 is 2.31 bits per heavy atom. The molecule has 0 aliphatic heterocycles. The minimum atomic E-state index is -0.398. The molecule has 0 saturated heterocycles. The van der Waals surface area contributed by atoms with Gasteiger partial charge in [-0.1, -0.05) is 0 Å². The van der Waals surface area contributed by atoms with Crippen molar-refractivity contribution in [2.45, 2.75) is 13.0 Å². The first kappa shape index (κ1) is 13.2. The van der Waals surface area contributed by atoms with Gasteiger partial charge in [-0.2, -0.15) is 0 Å². The number of benzene rings is 1. The van der Waals surface area contributed by atoms with E-state index in [-0.39, 0.29) is 11.7 Å². The zero-order valence-corrected chi connectivity index (χ0v) is 11.2. The number of hydrogen-bond donors (Lipinski definition) is 1. The number of nitro groups is 1. The van der Waals surface area contributed by atoms with Gasteiger partial charge in [-0.3, -0.25) is 10.1 Å². The second kappa shape index (κ2) is 6.00. The molecule has 0 radical (unpaired) electrons. The van der Waals surface area contributed by atoms with Crippen LogP contribution >= 0.6 is 22.6 Å². The molecular weight excluding hydrogens is 323 g/mol. The van der Waals surface area contributed by atoms with Crippen molar-refractivity contribution < 1.29 is 9.66 Å². The zero-order valence-electron chi connectivity index (χ0n) is 9.07. The third kappa shape index (κ3) is 3.60. The minimum absolute atomic E-state index is 0.106. The average Bonchev–Trinajstić information content (AvgIpc) is 2.21. The third-order valence-corrected chi connectivity index (χ3v) is 2.87. The van der Waals surface area contributed by atoms with Crippen LogP contribution in [0.15, 0.2) is 18.2 Å². The second-order valence-electron chi connectivity index (χ2n) is 3.42. The molecule has 0 aliphatic carbocycles. The highest BCUT2D eigenvalue weighted by Crippen LogP contribution is 2.24. The SMILES string of the molecule is COCC(C)Nc1ccc([N+](=O)[O-])cc1I. The molecule has 0 heterocycles. The summed E-state index contributed by atoms with van der Waals surface area (Å²) in [6.07, 6.45) is 0. The molecule has 1 aromatic carbocycles. The van der Waals surface area contributed by atoms with Gasteiger partial charge in [0.25, 0.3) is 5.69 Å². The number of halogens is 1. The summed E-state index contributed by atoms with van der Waals surface area (Å²) in [5, 5.41) is 13.8. The van der Waals surface area contributed by atoms with Gasteiger partial charge in [-0.15, -0.1) is 0 Å². The molecule has 0 spiro atoms. The quantitative estimate of drug-likeness (QED) is 0.510. The van der Waals surface area contributed by atoms with Crippen molar-refractivity contribution in [1.82, 2.24) is 0 Å². The Balaban J connectivity index is 2.79.